The number of hydrogen-bond donors (Lipinski definition) is 0. The first-order valence-corrected chi connectivity index (χ1v) is 10.8. The Morgan fingerprint density at radius 3 is 2.76 bits per heavy atom. The van der Waals surface area contributed by atoms with Crippen molar-refractivity contribution in [3.05, 3.63) is 29.3 Å². The van der Waals surface area contributed by atoms with Crippen LogP contribution < -0.4 is 4.74 Å². The molecule has 158 valence electrons. The third-order valence-electron chi connectivity index (χ3n) is 6.88. The third-order valence-corrected chi connectivity index (χ3v) is 6.88. The van der Waals surface area contributed by atoms with Crippen molar-refractivity contribution < 1.29 is 19.1 Å². The predicted molar refractivity (Wildman–Crippen MR) is 110 cm³/mol. The number of amides is 2. The minimum atomic E-state index is -0.491. The Balaban J connectivity index is 1.62. The summed E-state index contributed by atoms with van der Waals surface area (Å²) in [5, 5.41) is 0. The van der Waals surface area contributed by atoms with Gasteiger partial charge in [0, 0.05) is 25.4 Å². The van der Waals surface area contributed by atoms with Crippen LogP contribution in [0.2, 0.25) is 0 Å². The smallest absolute Gasteiger partial charge is 0.258 e. The maximum absolute atomic E-state index is 13.4. The van der Waals surface area contributed by atoms with Gasteiger partial charge in [0.15, 0.2) is 0 Å². The van der Waals surface area contributed by atoms with Crippen LogP contribution in [-0.4, -0.2) is 66.1 Å². The molecule has 0 radical (unpaired) electrons. The van der Waals surface area contributed by atoms with Crippen LogP contribution in [0, 0.1) is 12.8 Å². The van der Waals surface area contributed by atoms with E-state index in [1.165, 1.54) is 0 Å². The number of aryl methyl sites for hydroxylation is 1. The summed E-state index contributed by atoms with van der Waals surface area (Å²) < 4.78 is 12.0. The molecular formula is C23H32N2O4. The summed E-state index contributed by atoms with van der Waals surface area (Å²) in [4.78, 5) is 30.3. The number of rotatable bonds is 2. The van der Waals surface area contributed by atoms with Crippen molar-refractivity contribution in [1.29, 1.82) is 0 Å². The number of benzene rings is 1. The molecule has 2 saturated heterocycles. The maximum Gasteiger partial charge on any atom is 0.258 e. The molecule has 0 aromatic heterocycles. The first-order valence-electron chi connectivity index (χ1n) is 10.8. The van der Waals surface area contributed by atoms with Gasteiger partial charge in [0.1, 0.15) is 17.9 Å². The highest BCUT2D eigenvalue weighted by atomic mass is 16.5. The van der Waals surface area contributed by atoms with E-state index in [9.17, 15) is 9.59 Å². The van der Waals surface area contributed by atoms with Crippen molar-refractivity contribution in [2.45, 2.75) is 58.1 Å². The highest BCUT2D eigenvalue weighted by Crippen LogP contribution is 2.35. The average Bonchev–Trinajstić information content (AvgIpc) is 2.80. The summed E-state index contributed by atoms with van der Waals surface area (Å²) >= 11 is 0. The van der Waals surface area contributed by atoms with Crippen LogP contribution in [0.5, 0.6) is 5.75 Å². The molecular weight excluding hydrogens is 368 g/mol. The second kappa shape index (κ2) is 7.98. The number of hydrogen-bond acceptors (Lipinski definition) is 4. The largest absolute Gasteiger partial charge is 0.484 e. The van der Waals surface area contributed by atoms with E-state index in [0.29, 0.717) is 37.0 Å². The van der Waals surface area contributed by atoms with Crippen LogP contribution in [-0.2, 0) is 9.53 Å². The molecule has 0 saturated carbocycles. The molecule has 3 aliphatic heterocycles. The van der Waals surface area contributed by atoms with Crippen LogP contribution >= 0.6 is 0 Å². The first-order chi connectivity index (χ1) is 13.9. The SMILES string of the molecule is Cc1ccc2c(c1)C(=O)N(CC(=O)N1CCCC(C)C1C)CC1(CCOCC1)O2. The van der Waals surface area contributed by atoms with Crippen LogP contribution in [0.3, 0.4) is 0 Å². The zero-order valence-electron chi connectivity index (χ0n) is 17.8. The highest BCUT2D eigenvalue weighted by molar-refractivity contribution is 5.99. The van der Waals surface area contributed by atoms with Gasteiger partial charge in [-0.3, -0.25) is 9.59 Å². The molecule has 2 fully saturated rings. The molecule has 0 aliphatic carbocycles. The van der Waals surface area contributed by atoms with E-state index < -0.39 is 5.60 Å². The van der Waals surface area contributed by atoms with E-state index >= 15 is 0 Å². The number of likely N-dealkylation sites (tertiary alicyclic amines) is 1. The molecule has 0 N–H and O–H groups in total. The van der Waals surface area contributed by atoms with E-state index in [-0.39, 0.29) is 24.4 Å². The monoisotopic (exact) mass is 400 g/mol. The molecule has 2 unspecified atom stereocenters. The van der Waals surface area contributed by atoms with Crippen molar-refractivity contribution >= 4 is 11.8 Å². The minimum absolute atomic E-state index is 0.0377. The molecule has 1 aromatic rings. The highest BCUT2D eigenvalue weighted by Gasteiger charge is 2.43. The molecule has 4 rings (SSSR count). The van der Waals surface area contributed by atoms with Crippen molar-refractivity contribution in [3.8, 4) is 5.75 Å². The molecule has 0 bridgehead atoms. The Morgan fingerprint density at radius 1 is 1.24 bits per heavy atom. The fourth-order valence-corrected chi connectivity index (χ4v) is 4.83. The standard InChI is InChI=1S/C23H32N2O4/c1-16-6-7-20-19(13-16)22(27)24(15-23(29-20)8-11-28-12-9-23)14-21(26)25-10-4-5-17(2)18(25)3/h6-7,13,17-18H,4-5,8-12,14-15H2,1-3H3. The fourth-order valence-electron chi connectivity index (χ4n) is 4.83. The lowest BCUT2D eigenvalue weighted by atomic mass is 9.91. The van der Waals surface area contributed by atoms with Crippen LogP contribution in [0.1, 0.15) is 55.5 Å². The second-order valence-electron chi connectivity index (χ2n) is 9.01. The van der Waals surface area contributed by atoms with Crippen LogP contribution in [0.25, 0.3) is 0 Å². The van der Waals surface area contributed by atoms with Gasteiger partial charge in [-0.2, -0.15) is 0 Å². The van der Waals surface area contributed by atoms with Gasteiger partial charge in [-0.05, 0) is 44.7 Å². The summed E-state index contributed by atoms with van der Waals surface area (Å²) in [5.74, 6) is 1.03. The lowest BCUT2D eigenvalue weighted by Crippen LogP contribution is -2.54. The third kappa shape index (κ3) is 4.00. The van der Waals surface area contributed by atoms with Gasteiger partial charge in [0.2, 0.25) is 5.91 Å². The van der Waals surface area contributed by atoms with Crippen molar-refractivity contribution in [3.63, 3.8) is 0 Å². The Hall–Kier alpha value is -2.08. The average molecular weight is 401 g/mol. The predicted octanol–water partition coefficient (Wildman–Crippen LogP) is 3.03. The van der Waals surface area contributed by atoms with Crippen molar-refractivity contribution in [2.24, 2.45) is 5.92 Å². The number of fused-ring (bicyclic) bond motifs is 1. The molecule has 2 atom stereocenters. The van der Waals surface area contributed by atoms with E-state index in [2.05, 4.69) is 13.8 Å². The lowest BCUT2D eigenvalue weighted by Gasteiger charge is -2.41. The zero-order chi connectivity index (χ0) is 20.6. The molecule has 2 amide bonds. The van der Waals surface area contributed by atoms with Gasteiger partial charge in [-0.1, -0.05) is 18.6 Å². The van der Waals surface area contributed by atoms with Gasteiger partial charge >= 0.3 is 0 Å². The molecule has 6 nitrogen and oxygen atoms in total. The number of ether oxygens (including phenoxy) is 2. The minimum Gasteiger partial charge on any atom is -0.484 e. The van der Waals surface area contributed by atoms with Crippen LogP contribution in [0.15, 0.2) is 18.2 Å². The van der Waals surface area contributed by atoms with Gasteiger partial charge in [0.05, 0.1) is 25.3 Å². The Kier molecular flexibility index (Phi) is 5.56. The number of carbonyl (C=O) groups is 2. The van der Waals surface area contributed by atoms with Crippen molar-refractivity contribution in [2.75, 3.05) is 32.8 Å². The van der Waals surface area contributed by atoms with Gasteiger partial charge in [-0.15, -0.1) is 0 Å². The summed E-state index contributed by atoms with van der Waals surface area (Å²) in [5.41, 5.74) is 1.07. The summed E-state index contributed by atoms with van der Waals surface area (Å²) in [6, 6.07) is 5.94. The van der Waals surface area contributed by atoms with Gasteiger partial charge < -0.3 is 19.3 Å². The molecule has 3 heterocycles. The number of nitrogens with zero attached hydrogens (tertiary/aromatic N) is 2. The topological polar surface area (TPSA) is 59.1 Å². The molecule has 3 aliphatic rings. The quantitative estimate of drug-likeness (QED) is 0.766. The van der Waals surface area contributed by atoms with Crippen LogP contribution in [0.4, 0.5) is 0 Å². The Morgan fingerprint density at radius 2 is 2.00 bits per heavy atom. The summed E-state index contributed by atoms with van der Waals surface area (Å²) in [6.45, 7) is 8.81. The van der Waals surface area contributed by atoms with E-state index in [4.69, 9.17) is 9.47 Å². The number of piperidine rings is 1. The Bertz CT molecular complexity index is 787. The number of carbonyl (C=O) groups excluding carboxylic acids is 2. The zero-order valence-corrected chi connectivity index (χ0v) is 17.8. The summed E-state index contributed by atoms with van der Waals surface area (Å²) in [7, 11) is 0. The molecule has 6 heteroatoms. The van der Waals surface area contributed by atoms with E-state index in [0.717, 1.165) is 37.8 Å². The second-order valence-corrected chi connectivity index (χ2v) is 9.01. The molecule has 29 heavy (non-hydrogen) atoms. The van der Waals surface area contributed by atoms with E-state index in [1.54, 1.807) is 4.90 Å². The van der Waals surface area contributed by atoms with Gasteiger partial charge in [0.25, 0.3) is 5.91 Å². The first kappa shape index (κ1) is 20.2. The molecule has 1 aromatic carbocycles. The Labute approximate surface area is 173 Å². The fraction of sp³-hybridized carbons (Fsp3) is 0.652. The molecule has 1 spiro atoms. The van der Waals surface area contributed by atoms with E-state index in [1.807, 2.05) is 30.0 Å². The van der Waals surface area contributed by atoms with Crippen molar-refractivity contribution in [1.82, 2.24) is 9.80 Å². The normalized spacial score (nSPS) is 26.7. The summed E-state index contributed by atoms with van der Waals surface area (Å²) in [6.07, 6.45) is 3.61. The maximum atomic E-state index is 13.4. The van der Waals surface area contributed by atoms with Gasteiger partial charge in [-0.25, -0.2) is 0 Å². The lowest BCUT2D eigenvalue weighted by molar-refractivity contribution is -0.137.